The molecule has 1 atom stereocenters. The van der Waals surface area contributed by atoms with Crippen molar-refractivity contribution >= 4 is 11.9 Å². The van der Waals surface area contributed by atoms with Crippen molar-refractivity contribution in [2.45, 2.75) is 32.2 Å². The smallest absolute Gasteiger partial charge is 0.328 e. The summed E-state index contributed by atoms with van der Waals surface area (Å²) in [6.07, 6.45) is 0. The molecule has 0 heterocycles. The van der Waals surface area contributed by atoms with Gasteiger partial charge < -0.3 is 10.4 Å². The number of carboxylic acid groups (broad SMARTS) is 1. The highest BCUT2D eigenvalue weighted by molar-refractivity contribution is 5.89. The van der Waals surface area contributed by atoms with E-state index in [4.69, 9.17) is 5.11 Å². The van der Waals surface area contributed by atoms with Crippen molar-refractivity contribution in [3.8, 4) is 0 Å². The monoisotopic (exact) mass is 253 g/mol. The van der Waals surface area contributed by atoms with Crippen LogP contribution in [0.25, 0.3) is 0 Å². The second kappa shape index (κ2) is 5.16. The Morgan fingerprint density at radius 1 is 1.39 bits per heavy atom. The summed E-state index contributed by atoms with van der Waals surface area (Å²) < 4.78 is 13.0. The van der Waals surface area contributed by atoms with E-state index in [1.165, 1.54) is 32.0 Å². The molecule has 5 heteroatoms. The molecule has 2 N–H and O–H groups in total. The lowest BCUT2D eigenvalue weighted by Crippen LogP contribution is -2.50. The third-order valence-electron chi connectivity index (χ3n) is 2.71. The van der Waals surface area contributed by atoms with E-state index in [0.29, 0.717) is 5.56 Å². The van der Waals surface area contributed by atoms with Crippen molar-refractivity contribution in [3.63, 3.8) is 0 Å². The molecular weight excluding hydrogens is 237 g/mol. The highest BCUT2D eigenvalue weighted by Crippen LogP contribution is 2.17. The molecule has 0 bridgehead atoms. The third kappa shape index (κ3) is 3.29. The Morgan fingerprint density at radius 2 is 2.00 bits per heavy atom. The Morgan fingerprint density at radius 3 is 2.50 bits per heavy atom. The number of carbonyl (C=O) groups is 2. The summed E-state index contributed by atoms with van der Waals surface area (Å²) in [5.74, 6) is -2.61. The summed E-state index contributed by atoms with van der Waals surface area (Å²) in [5, 5.41) is 11.3. The number of halogens is 1. The maximum Gasteiger partial charge on any atom is 0.328 e. The molecule has 1 rings (SSSR count). The van der Waals surface area contributed by atoms with E-state index in [0.717, 1.165) is 0 Å². The zero-order chi connectivity index (χ0) is 13.9. The molecule has 1 aromatic carbocycles. The number of hydrogen-bond donors (Lipinski definition) is 2. The standard InChI is InChI=1S/C13H16FNO3/c1-8(9-5-4-6-10(14)7-9)11(16)15-13(2,3)12(17)18/h4-8H,1-3H3,(H,15,16)(H,17,18). The highest BCUT2D eigenvalue weighted by atomic mass is 19.1. The number of amides is 1. The van der Waals surface area contributed by atoms with Gasteiger partial charge in [0.2, 0.25) is 5.91 Å². The first-order valence-corrected chi connectivity index (χ1v) is 5.55. The summed E-state index contributed by atoms with van der Waals surface area (Å²) >= 11 is 0. The topological polar surface area (TPSA) is 66.4 Å². The first-order valence-electron chi connectivity index (χ1n) is 5.55. The molecule has 1 aromatic rings. The van der Waals surface area contributed by atoms with Gasteiger partial charge in [-0.1, -0.05) is 12.1 Å². The second-order valence-electron chi connectivity index (χ2n) is 4.70. The first-order chi connectivity index (χ1) is 8.24. The van der Waals surface area contributed by atoms with Gasteiger partial charge in [-0.15, -0.1) is 0 Å². The van der Waals surface area contributed by atoms with Crippen molar-refractivity contribution in [1.82, 2.24) is 5.32 Å². The normalized spacial score (nSPS) is 12.9. The van der Waals surface area contributed by atoms with Crippen molar-refractivity contribution in [1.29, 1.82) is 0 Å². The second-order valence-corrected chi connectivity index (χ2v) is 4.70. The molecule has 18 heavy (non-hydrogen) atoms. The summed E-state index contributed by atoms with van der Waals surface area (Å²) in [4.78, 5) is 22.8. The Kier molecular flexibility index (Phi) is 4.06. The molecule has 0 aromatic heterocycles. The fourth-order valence-electron chi connectivity index (χ4n) is 1.40. The highest BCUT2D eigenvalue weighted by Gasteiger charge is 2.30. The third-order valence-corrected chi connectivity index (χ3v) is 2.71. The number of nitrogens with one attached hydrogen (secondary N) is 1. The number of carboxylic acids is 1. The lowest BCUT2D eigenvalue weighted by molar-refractivity contribution is -0.146. The van der Waals surface area contributed by atoms with E-state index in [-0.39, 0.29) is 0 Å². The minimum absolute atomic E-state index is 0.426. The molecule has 0 fully saturated rings. The van der Waals surface area contributed by atoms with E-state index >= 15 is 0 Å². The lowest BCUT2D eigenvalue weighted by Gasteiger charge is -2.23. The molecule has 0 aliphatic rings. The molecular formula is C13H16FNO3. The van der Waals surface area contributed by atoms with E-state index in [1.54, 1.807) is 13.0 Å². The fourth-order valence-corrected chi connectivity index (χ4v) is 1.40. The van der Waals surface area contributed by atoms with Crippen LogP contribution in [-0.4, -0.2) is 22.5 Å². The van der Waals surface area contributed by atoms with Crippen molar-refractivity contribution in [2.24, 2.45) is 0 Å². The quantitative estimate of drug-likeness (QED) is 0.861. The average Bonchev–Trinajstić information content (AvgIpc) is 2.27. The maximum atomic E-state index is 13.0. The predicted molar refractivity (Wildman–Crippen MR) is 64.7 cm³/mol. The van der Waals surface area contributed by atoms with Crippen molar-refractivity contribution < 1.29 is 19.1 Å². The largest absolute Gasteiger partial charge is 0.480 e. The minimum Gasteiger partial charge on any atom is -0.480 e. The molecule has 4 nitrogen and oxygen atoms in total. The molecule has 0 aliphatic carbocycles. The Labute approximate surface area is 105 Å². The van der Waals surface area contributed by atoms with Gasteiger partial charge in [-0.25, -0.2) is 9.18 Å². The van der Waals surface area contributed by atoms with Crippen LogP contribution in [0.5, 0.6) is 0 Å². The van der Waals surface area contributed by atoms with Crippen molar-refractivity contribution in [3.05, 3.63) is 35.6 Å². The number of aliphatic carboxylic acids is 1. The van der Waals surface area contributed by atoms with Gasteiger partial charge in [0.05, 0.1) is 5.92 Å². The van der Waals surface area contributed by atoms with Gasteiger partial charge in [-0.3, -0.25) is 4.79 Å². The molecule has 0 saturated carbocycles. The number of benzene rings is 1. The van der Waals surface area contributed by atoms with Crippen LogP contribution < -0.4 is 5.32 Å². The van der Waals surface area contributed by atoms with Crippen LogP contribution in [0.4, 0.5) is 4.39 Å². The summed E-state index contributed by atoms with van der Waals surface area (Å²) in [6, 6.07) is 5.69. The maximum absolute atomic E-state index is 13.0. The Hall–Kier alpha value is -1.91. The van der Waals surface area contributed by atoms with Crippen LogP contribution in [0.15, 0.2) is 24.3 Å². The van der Waals surface area contributed by atoms with Crippen LogP contribution in [0.1, 0.15) is 32.3 Å². The van der Waals surface area contributed by atoms with Crippen LogP contribution in [0.3, 0.4) is 0 Å². The van der Waals surface area contributed by atoms with Crippen LogP contribution >= 0.6 is 0 Å². The molecule has 0 saturated heterocycles. The number of rotatable bonds is 4. The van der Waals surface area contributed by atoms with E-state index < -0.39 is 29.2 Å². The van der Waals surface area contributed by atoms with Gasteiger partial charge in [0, 0.05) is 0 Å². The van der Waals surface area contributed by atoms with Gasteiger partial charge in [0.15, 0.2) is 0 Å². The Bertz CT molecular complexity index is 471. The molecule has 98 valence electrons. The van der Waals surface area contributed by atoms with Crippen LogP contribution in [0.2, 0.25) is 0 Å². The summed E-state index contributed by atoms with van der Waals surface area (Å²) in [7, 11) is 0. The zero-order valence-electron chi connectivity index (χ0n) is 10.5. The van der Waals surface area contributed by atoms with Crippen LogP contribution in [-0.2, 0) is 9.59 Å². The SMILES string of the molecule is CC(C(=O)NC(C)(C)C(=O)O)c1cccc(F)c1. The van der Waals surface area contributed by atoms with Gasteiger partial charge in [-0.05, 0) is 38.5 Å². The van der Waals surface area contributed by atoms with E-state index in [9.17, 15) is 14.0 Å². The zero-order valence-corrected chi connectivity index (χ0v) is 10.5. The predicted octanol–water partition coefficient (Wildman–Crippen LogP) is 1.91. The molecule has 1 unspecified atom stereocenters. The van der Waals surface area contributed by atoms with Crippen molar-refractivity contribution in [2.75, 3.05) is 0 Å². The average molecular weight is 253 g/mol. The molecule has 0 spiro atoms. The first kappa shape index (κ1) is 14.2. The molecule has 0 aliphatic heterocycles. The lowest BCUT2D eigenvalue weighted by atomic mass is 9.98. The van der Waals surface area contributed by atoms with E-state index in [1.807, 2.05) is 0 Å². The molecule has 1 amide bonds. The number of hydrogen-bond acceptors (Lipinski definition) is 2. The van der Waals surface area contributed by atoms with Gasteiger partial charge in [0.1, 0.15) is 11.4 Å². The summed E-state index contributed by atoms with van der Waals surface area (Å²) in [6.45, 7) is 4.39. The van der Waals surface area contributed by atoms with Gasteiger partial charge in [0.25, 0.3) is 0 Å². The number of carbonyl (C=O) groups excluding carboxylic acids is 1. The minimum atomic E-state index is -1.35. The Balaban J connectivity index is 2.82. The summed E-state index contributed by atoms with van der Waals surface area (Å²) in [5.41, 5.74) is -0.840. The molecule has 0 radical (unpaired) electrons. The van der Waals surface area contributed by atoms with Crippen LogP contribution in [0, 0.1) is 5.82 Å². The van der Waals surface area contributed by atoms with Gasteiger partial charge >= 0.3 is 5.97 Å². The van der Waals surface area contributed by atoms with E-state index in [2.05, 4.69) is 5.32 Å². The fraction of sp³-hybridized carbons (Fsp3) is 0.385. The van der Waals surface area contributed by atoms with Gasteiger partial charge in [-0.2, -0.15) is 0 Å².